The summed E-state index contributed by atoms with van der Waals surface area (Å²) < 4.78 is 0. The fraction of sp³-hybridized carbons (Fsp3) is 0.300. The van der Waals surface area contributed by atoms with Crippen LogP contribution in [0.2, 0.25) is 5.02 Å². The third-order valence-corrected chi connectivity index (χ3v) is 5.05. The number of amides is 2. The van der Waals surface area contributed by atoms with Crippen LogP contribution in [0.5, 0.6) is 0 Å². The lowest BCUT2D eigenvalue weighted by molar-refractivity contribution is -0.383. The molecule has 2 N–H and O–H groups in total. The molecule has 2 aromatic carbocycles. The van der Waals surface area contributed by atoms with Crippen LogP contribution in [0.1, 0.15) is 0 Å². The van der Waals surface area contributed by atoms with Gasteiger partial charge >= 0.3 is 0 Å². The first-order chi connectivity index (χ1) is 14.4. The Morgan fingerprint density at radius 1 is 1.00 bits per heavy atom. The van der Waals surface area contributed by atoms with Gasteiger partial charge in [0.15, 0.2) is 0 Å². The van der Waals surface area contributed by atoms with Gasteiger partial charge in [0, 0.05) is 43.0 Å². The van der Waals surface area contributed by atoms with E-state index in [1.165, 1.54) is 12.1 Å². The zero-order chi connectivity index (χ0) is 21.5. The van der Waals surface area contributed by atoms with Crippen LogP contribution in [0, 0.1) is 10.1 Å². The molecular formula is C20H22ClN5O4. The van der Waals surface area contributed by atoms with Crippen molar-refractivity contribution in [3.8, 4) is 0 Å². The molecule has 0 saturated carbocycles. The molecule has 3 rings (SSSR count). The summed E-state index contributed by atoms with van der Waals surface area (Å²) in [6.07, 6.45) is 0. The van der Waals surface area contributed by atoms with Gasteiger partial charge in [-0.15, -0.1) is 0 Å². The van der Waals surface area contributed by atoms with E-state index >= 15 is 0 Å². The lowest BCUT2D eigenvalue weighted by atomic mass is 10.2. The highest BCUT2D eigenvalue weighted by atomic mass is 35.5. The third kappa shape index (κ3) is 5.60. The summed E-state index contributed by atoms with van der Waals surface area (Å²) in [5, 5.41) is 17.0. The summed E-state index contributed by atoms with van der Waals surface area (Å²) in [7, 11) is 0. The van der Waals surface area contributed by atoms with Gasteiger partial charge in [-0.2, -0.15) is 0 Å². The Labute approximate surface area is 178 Å². The van der Waals surface area contributed by atoms with Gasteiger partial charge in [-0.25, -0.2) is 0 Å². The highest BCUT2D eigenvalue weighted by Gasteiger charge is 2.21. The van der Waals surface area contributed by atoms with Crippen LogP contribution >= 0.6 is 11.6 Å². The number of anilines is 2. The number of piperazine rings is 1. The molecule has 1 aliphatic rings. The number of hydrogen-bond donors (Lipinski definition) is 2. The molecule has 30 heavy (non-hydrogen) atoms. The monoisotopic (exact) mass is 431 g/mol. The van der Waals surface area contributed by atoms with Crippen LogP contribution in [0.3, 0.4) is 0 Å². The summed E-state index contributed by atoms with van der Waals surface area (Å²) in [4.78, 5) is 38.7. The third-order valence-electron chi connectivity index (χ3n) is 4.80. The smallest absolute Gasteiger partial charge is 0.292 e. The zero-order valence-corrected chi connectivity index (χ0v) is 17.0. The second-order valence-corrected chi connectivity index (χ2v) is 7.19. The highest BCUT2D eigenvalue weighted by molar-refractivity contribution is 6.30. The molecule has 1 fully saturated rings. The number of hydrogen-bond acceptors (Lipinski definition) is 6. The lowest BCUT2D eigenvalue weighted by Gasteiger charge is -2.36. The minimum Gasteiger partial charge on any atom is -0.371 e. The molecule has 0 aromatic heterocycles. The average Bonchev–Trinajstić information content (AvgIpc) is 2.76. The first kappa shape index (κ1) is 21.4. The number of nitro groups is 1. The summed E-state index contributed by atoms with van der Waals surface area (Å²) in [6, 6.07) is 13.6. The number of rotatable bonds is 7. The van der Waals surface area contributed by atoms with Crippen LogP contribution in [-0.2, 0) is 9.59 Å². The lowest BCUT2D eigenvalue weighted by Crippen LogP contribution is -2.51. The molecule has 2 amide bonds. The van der Waals surface area contributed by atoms with Gasteiger partial charge in [0.25, 0.3) is 5.69 Å². The maximum absolute atomic E-state index is 12.4. The number of nitrogens with one attached hydrogen (secondary N) is 2. The molecule has 0 aliphatic carbocycles. The summed E-state index contributed by atoms with van der Waals surface area (Å²) in [5.41, 5.74) is 1.20. The van der Waals surface area contributed by atoms with Crippen LogP contribution in [-0.4, -0.2) is 60.9 Å². The minimum absolute atomic E-state index is 0.111. The normalized spacial score (nSPS) is 13.6. The number of benzene rings is 2. The summed E-state index contributed by atoms with van der Waals surface area (Å²) in [6.45, 7) is 2.24. The van der Waals surface area contributed by atoms with E-state index in [1.807, 2.05) is 24.3 Å². The van der Waals surface area contributed by atoms with E-state index < -0.39 is 10.8 Å². The van der Waals surface area contributed by atoms with E-state index in [0.29, 0.717) is 31.2 Å². The van der Waals surface area contributed by atoms with Gasteiger partial charge in [-0.05, 0) is 30.3 Å². The molecule has 1 saturated heterocycles. The number of nitro benzene ring substituents is 1. The van der Waals surface area contributed by atoms with E-state index in [2.05, 4.69) is 15.5 Å². The molecule has 0 bridgehead atoms. The molecule has 10 heteroatoms. The van der Waals surface area contributed by atoms with Gasteiger partial charge in [-0.3, -0.25) is 19.7 Å². The Morgan fingerprint density at radius 3 is 2.33 bits per heavy atom. The van der Waals surface area contributed by atoms with Crippen molar-refractivity contribution in [2.45, 2.75) is 0 Å². The first-order valence-corrected chi connectivity index (χ1v) is 9.84. The maximum Gasteiger partial charge on any atom is 0.292 e. The van der Waals surface area contributed by atoms with Crippen molar-refractivity contribution in [2.24, 2.45) is 0 Å². The molecule has 0 spiro atoms. The van der Waals surface area contributed by atoms with Crippen LogP contribution in [0.25, 0.3) is 0 Å². The topological polar surface area (TPSA) is 108 Å². The second-order valence-electron chi connectivity index (χ2n) is 6.75. The fourth-order valence-corrected chi connectivity index (χ4v) is 3.30. The van der Waals surface area contributed by atoms with Crippen molar-refractivity contribution in [2.75, 3.05) is 49.5 Å². The molecular weight excluding hydrogens is 410 g/mol. The minimum atomic E-state index is -0.520. The maximum atomic E-state index is 12.4. The number of para-hydroxylation sites is 2. The number of carbonyl (C=O) groups excluding carboxylic acids is 2. The van der Waals surface area contributed by atoms with Gasteiger partial charge < -0.3 is 20.4 Å². The first-order valence-electron chi connectivity index (χ1n) is 9.46. The van der Waals surface area contributed by atoms with E-state index in [1.54, 1.807) is 17.0 Å². The summed E-state index contributed by atoms with van der Waals surface area (Å²) >= 11 is 5.91. The van der Waals surface area contributed by atoms with Crippen molar-refractivity contribution in [1.82, 2.24) is 10.2 Å². The van der Waals surface area contributed by atoms with Crippen molar-refractivity contribution in [3.05, 3.63) is 63.7 Å². The van der Waals surface area contributed by atoms with Gasteiger partial charge in [-0.1, -0.05) is 23.7 Å². The van der Waals surface area contributed by atoms with Crippen molar-refractivity contribution in [1.29, 1.82) is 0 Å². The van der Waals surface area contributed by atoms with E-state index in [0.717, 1.165) is 5.69 Å². The Bertz CT molecular complexity index is 914. The van der Waals surface area contributed by atoms with Gasteiger partial charge in [0.1, 0.15) is 5.69 Å². The second kappa shape index (κ2) is 9.93. The predicted molar refractivity (Wildman–Crippen MR) is 115 cm³/mol. The molecule has 1 aliphatic heterocycles. The average molecular weight is 432 g/mol. The summed E-state index contributed by atoms with van der Waals surface area (Å²) in [5.74, 6) is -0.578. The van der Waals surface area contributed by atoms with Crippen LogP contribution in [0.15, 0.2) is 48.5 Å². The number of halogens is 1. The van der Waals surface area contributed by atoms with Crippen LogP contribution in [0.4, 0.5) is 17.1 Å². The molecule has 0 atom stereocenters. The van der Waals surface area contributed by atoms with Gasteiger partial charge in [0.05, 0.1) is 18.0 Å². The van der Waals surface area contributed by atoms with Crippen molar-refractivity contribution in [3.63, 3.8) is 0 Å². The zero-order valence-electron chi connectivity index (χ0n) is 16.2. The standard InChI is InChI=1S/C20H22ClN5O4/c21-15-5-7-16(8-6-15)24-9-11-25(12-10-24)20(28)14-23-19(27)13-22-17-3-1-2-4-18(17)26(29)30/h1-8,22H,9-14H2,(H,23,27). The Hall–Kier alpha value is -3.33. The number of nitrogens with zero attached hydrogens (tertiary/aromatic N) is 3. The van der Waals surface area contributed by atoms with E-state index in [-0.39, 0.29) is 30.4 Å². The molecule has 0 radical (unpaired) electrons. The van der Waals surface area contributed by atoms with Crippen molar-refractivity contribution >= 4 is 40.5 Å². The molecule has 0 unspecified atom stereocenters. The van der Waals surface area contributed by atoms with E-state index in [4.69, 9.17) is 11.6 Å². The largest absolute Gasteiger partial charge is 0.371 e. The number of carbonyl (C=O) groups is 2. The van der Waals surface area contributed by atoms with Gasteiger partial charge in [0.2, 0.25) is 11.8 Å². The molecule has 2 aromatic rings. The Morgan fingerprint density at radius 2 is 1.67 bits per heavy atom. The molecule has 1 heterocycles. The highest BCUT2D eigenvalue weighted by Crippen LogP contribution is 2.22. The SMILES string of the molecule is O=C(CNc1ccccc1[N+](=O)[O-])NCC(=O)N1CCN(c2ccc(Cl)cc2)CC1. The Kier molecular flexibility index (Phi) is 7.08. The molecule has 158 valence electrons. The predicted octanol–water partition coefficient (Wildman–Crippen LogP) is 2.13. The van der Waals surface area contributed by atoms with E-state index in [9.17, 15) is 19.7 Å². The van der Waals surface area contributed by atoms with Crippen molar-refractivity contribution < 1.29 is 14.5 Å². The molecule has 9 nitrogen and oxygen atoms in total. The van der Waals surface area contributed by atoms with Crippen LogP contribution < -0.4 is 15.5 Å². The quantitative estimate of drug-likeness (QED) is 0.513. The fourth-order valence-electron chi connectivity index (χ4n) is 3.17. The Balaban J connectivity index is 1.41.